The molecule has 1 aromatic rings. The molecule has 0 saturated heterocycles. The normalized spacial score (nSPS) is 14.9. The van der Waals surface area contributed by atoms with Gasteiger partial charge < -0.3 is 10.2 Å². The first-order valence-corrected chi connectivity index (χ1v) is 5.12. The molecule has 3 nitrogen and oxygen atoms in total. The van der Waals surface area contributed by atoms with Gasteiger partial charge in [-0.05, 0) is 12.1 Å². The molecule has 0 bridgehead atoms. The van der Waals surface area contributed by atoms with Crippen LogP contribution in [0.15, 0.2) is 48.0 Å². The van der Waals surface area contributed by atoms with E-state index in [4.69, 9.17) is 0 Å². The lowest BCUT2D eigenvalue weighted by atomic mass is 10.3. The number of para-hydroxylation sites is 1. The van der Waals surface area contributed by atoms with Gasteiger partial charge in [-0.2, -0.15) is 0 Å². The molecule has 15 heavy (non-hydrogen) atoms. The maximum absolute atomic E-state index is 4.41. The van der Waals surface area contributed by atoms with Crippen molar-refractivity contribution < 1.29 is 0 Å². The van der Waals surface area contributed by atoms with Crippen LogP contribution in [-0.4, -0.2) is 30.5 Å². The molecule has 0 spiro atoms. The summed E-state index contributed by atoms with van der Waals surface area (Å²) in [7, 11) is 0. The van der Waals surface area contributed by atoms with Crippen molar-refractivity contribution in [3.05, 3.63) is 43.0 Å². The molecule has 1 aliphatic heterocycles. The van der Waals surface area contributed by atoms with Crippen LogP contribution in [-0.2, 0) is 0 Å². The summed E-state index contributed by atoms with van der Waals surface area (Å²) in [6.07, 6.45) is 1.90. The van der Waals surface area contributed by atoms with E-state index in [1.54, 1.807) is 0 Å². The first-order valence-electron chi connectivity index (χ1n) is 5.12. The minimum absolute atomic E-state index is 0.846. The molecule has 3 heteroatoms. The van der Waals surface area contributed by atoms with Crippen molar-refractivity contribution in [3.63, 3.8) is 0 Å². The van der Waals surface area contributed by atoms with E-state index >= 15 is 0 Å². The maximum Gasteiger partial charge on any atom is 0.198 e. The van der Waals surface area contributed by atoms with E-state index in [-0.39, 0.29) is 0 Å². The van der Waals surface area contributed by atoms with Gasteiger partial charge in [0.05, 0.1) is 6.54 Å². The zero-order chi connectivity index (χ0) is 10.5. The third-order valence-corrected chi connectivity index (χ3v) is 2.31. The van der Waals surface area contributed by atoms with Crippen LogP contribution < -0.4 is 5.32 Å². The Labute approximate surface area is 90.1 Å². The summed E-state index contributed by atoms with van der Waals surface area (Å²) in [6.45, 7) is 6.42. The highest BCUT2D eigenvalue weighted by Crippen LogP contribution is 2.09. The monoisotopic (exact) mass is 201 g/mol. The Morgan fingerprint density at radius 2 is 2.20 bits per heavy atom. The minimum Gasteiger partial charge on any atom is -0.337 e. The molecule has 1 aromatic carbocycles. The average molecular weight is 201 g/mol. The zero-order valence-electron chi connectivity index (χ0n) is 8.69. The lowest BCUT2D eigenvalue weighted by Crippen LogP contribution is -2.33. The third kappa shape index (κ3) is 2.37. The van der Waals surface area contributed by atoms with Crippen LogP contribution in [0.5, 0.6) is 0 Å². The van der Waals surface area contributed by atoms with Gasteiger partial charge in [0.1, 0.15) is 0 Å². The van der Waals surface area contributed by atoms with E-state index < -0.39 is 0 Å². The first-order chi connectivity index (χ1) is 7.40. The predicted molar refractivity (Wildman–Crippen MR) is 64.1 cm³/mol. The Morgan fingerprint density at radius 3 is 2.93 bits per heavy atom. The van der Waals surface area contributed by atoms with Crippen LogP contribution in [0, 0.1) is 0 Å². The van der Waals surface area contributed by atoms with Crippen LogP contribution >= 0.6 is 0 Å². The summed E-state index contributed by atoms with van der Waals surface area (Å²) in [5.74, 6) is 0.945. The lowest BCUT2D eigenvalue weighted by molar-refractivity contribution is 0.506. The van der Waals surface area contributed by atoms with Gasteiger partial charge >= 0.3 is 0 Å². The second kappa shape index (κ2) is 4.64. The van der Waals surface area contributed by atoms with Crippen molar-refractivity contribution in [2.24, 2.45) is 4.99 Å². The fraction of sp³-hybridized carbons (Fsp3) is 0.250. The van der Waals surface area contributed by atoms with Gasteiger partial charge in [0.2, 0.25) is 0 Å². The van der Waals surface area contributed by atoms with E-state index in [1.807, 2.05) is 36.4 Å². The molecule has 1 aliphatic rings. The molecule has 2 rings (SSSR count). The Kier molecular flexibility index (Phi) is 3.02. The summed E-state index contributed by atoms with van der Waals surface area (Å²) >= 11 is 0. The van der Waals surface area contributed by atoms with Gasteiger partial charge in [0.25, 0.3) is 0 Å². The highest BCUT2D eigenvalue weighted by molar-refractivity contribution is 5.94. The number of rotatable bonds is 3. The number of hydrogen-bond acceptors (Lipinski definition) is 3. The molecular weight excluding hydrogens is 186 g/mol. The fourth-order valence-corrected chi connectivity index (χ4v) is 1.59. The molecule has 0 unspecified atom stereocenters. The van der Waals surface area contributed by atoms with E-state index in [0.29, 0.717) is 0 Å². The van der Waals surface area contributed by atoms with Crippen molar-refractivity contribution in [1.29, 1.82) is 0 Å². The van der Waals surface area contributed by atoms with Gasteiger partial charge in [-0.25, -0.2) is 0 Å². The van der Waals surface area contributed by atoms with Gasteiger partial charge in [-0.1, -0.05) is 24.3 Å². The molecule has 0 amide bonds. The van der Waals surface area contributed by atoms with Crippen molar-refractivity contribution in [1.82, 2.24) is 4.90 Å². The summed E-state index contributed by atoms with van der Waals surface area (Å²) in [6, 6.07) is 10.1. The van der Waals surface area contributed by atoms with E-state index in [2.05, 4.69) is 21.8 Å². The number of nitrogens with one attached hydrogen (secondary N) is 1. The number of hydrogen-bond donors (Lipinski definition) is 1. The minimum atomic E-state index is 0.846. The smallest absolute Gasteiger partial charge is 0.198 e. The highest BCUT2D eigenvalue weighted by atomic mass is 15.3. The summed E-state index contributed by atoms with van der Waals surface area (Å²) in [4.78, 5) is 6.60. The second-order valence-electron chi connectivity index (χ2n) is 3.43. The van der Waals surface area contributed by atoms with E-state index in [1.165, 1.54) is 0 Å². The molecule has 0 atom stereocenters. The predicted octanol–water partition coefficient (Wildman–Crippen LogP) is 1.96. The van der Waals surface area contributed by atoms with Crippen molar-refractivity contribution in [2.45, 2.75) is 0 Å². The average Bonchev–Trinajstić information content (AvgIpc) is 2.68. The Bertz CT molecular complexity index is 356. The molecule has 0 aliphatic carbocycles. The van der Waals surface area contributed by atoms with Crippen LogP contribution in [0.2, 0.25) is 0 Å². The molecule has 0 radical (unpaired) electrons. The summed E-state index contributed by atoms with van der Waals surface area (Å²) in [5.41, 5.74) is 1.08. The first kappa shape index (κ1) is 9.77. The number of aliphatic imine (C=N–C) groups is 1. The number of benzene rings is 1. The molecule has 0 fully saturated rings. The van der Waals surface area contributed by atoms with E-state index in [0.717, 1.165) is 31.3 Å². The Hall–Kier alpha value is -1.77. The highest BCUT2D eigenvalue weighted by Gasteiger charge is 2.14. The fourth-order valence-electron chi connectivity index (χ4n) is 1.59. The summed E-state index contributed by atoms with van der Waals surface area (Å²) in [5, 5.41) is 3.30. The van der Waals surface area contributed by atoms with Gasteiger partial charge in [-0.15, -0.1) is 6.58 Å². The topological polar surface area (TPSA) is 27.6 Å². The van der Waals surface area contributed by atoms with Crippen LogP contribution in [0.25, 0.3) is 0 Å². The standard InChI is InChI=1S/C12H15N3/c1-2-9-15-10-8-13-12(15)14-11-6-4-3-5-7-11/h2-7H,1,8-10H2,(H,13,14). The molecule has 1 N–H and O–H groups in total. The van der Waals surface area contributed by atoms with Gasteiger partial charge in [0, 0.05) is 18.8 Å². The molecule has 0 saturated carbocycles. The van der Waals surface area contributed by atoms with Crippen LogP contribution in [0.1, 0.15) is 0 Å². The lowest BCUT2D eigenvalue weighted by Gasteiger charge is -2.19. The quantitative estimate of drug-likeness (QED) is 0.757. The summed E-state index contributed by atoms with van der Waals surface area (Å²) < 4.78 is 0. The number of anilines is 1. The zero-order valence-corrected chi connectivity index (χ0v) is 8.69. The molecule has 1 heterocycles. The number of guanidine groups is 1. The Balaban J connectivity index is 2.02. The van der Waals surface area contributed by atoms with Crippen molar-refractivity contribution >= 4 is 11.6 Å². The molecule has 0 aromatic heterocycles. The van der Waals surface area contributed by atoms with Crippen LogP contribution in [0.3, 0.4) is 0 Å². The largest absolute Gasteiger partial charge is 0.337 e. The van der Waals surface area contributed by atoms with Crippen molar-refractivity contribution in [3.8, 4) is 0 Å². The molecular formula is C12H15N3. The van der Waals surface area contributed by atoms with Crippen molar-refractivity contribution in [2.75, 3.05) is 25.0 Å². The Morgan fingerprint density at radius 1 is 1.40 bits per heavy atom. The third-order valence-electron chi connectivity index (χ3n) is 2.31. The van der Waals surface area contributed by atoms with E-state index in [9.17, 15) is 0 Å². The SMILES string of the molecule is C=CCN1CCN=C1Nc1ccccc1. The second-order valence-corrected chi connectivity index (χ2v) is 3.43. The maximum atomic E-state index is 4.41. The van der Waals surface area contributed by atoms with Gasteiger partial charge in [-0.3, -0.25) is 4.99 Å². The molecule has 78 valence electrons. The number of nitrogens with zero attached hydrogens (tertiary/aromatic N) is 2. The van der Waals surface area contributed by atoms with Crippen LogP contribution in [0.4, 0.5) is 5.69 Å². The van der Waals surface area contributed by atoms with Gasteiger partial charge in [0.15, 0.2) is 5.96 Å².